The van der Waals surface area contributed by atoms with Crippen LogP contribution in [-0.2, 0) is 0 Å². The first-order chi connectivity index (χ1) is 14.1. The summed E-state index contributed by atoms with van der Waals surface area (Å²) in [5.74, 6) is 1.22. The summed E-state index contributed by atoms with van der Waals surface area (Å²) in [5.41, 5.74) is 3.10. The molecule has 1 fully saturated rings. The van der Waals surface area contributed by atoms with Crippen LogP contribution in [0.2, 0.25) is 5.02 Å². The lowest BCUT2D eigenvalue weighted by Crippen LogP contribution is -2.39. The van der Waals surface area contributed by atoms with Gasteiger partial charge in [-0.3, -0.25) is 4.79 Å². The van der Waals surface area contributed by atoms with E-state index in [1.165, 1.54) is 11.8 Å². The van der Waals surface area contributed by atoms with Gasteiger partial charge >= 0.3 is 0 Å². The lowest BCUT2D eigenvalue weighted by atomic mass is 9.75. The summed E-state index contributed by atoms with van der Waals surface area (Å²) in [6.07, 6.45) is 5.84. The van der Waals surface area contributed by atoms with Crippen LogP contribution in [0.25, 0.3) is 0 Å². The SMILES string of the molecule is CSc1cc(NC(=O)c2c(N3CCC(C(C)(C)C)CC3)nc(C)c(Cl)c2C)ccn1. The largest absolute Gasteiger partial charge is 0.356 e. The summed E-state index contributed by atoms with van der Waals surface area (Å²) in [6, 6.07) is 3.67. The fourth-order valence-electron chi connectivity index (χ4n) is 4.06. The molecule has 0 unspecified atom stereocenters. The van der Waals surface area contributed by atoms with E-state index in [2.05, 4.69) is 36.0 Å². The molecular formula is C23H31ClN4OS. The number of rotatable bonds is 4. The van der Waals surface area contributed by atoms with Gasteiger partial charge in [0.2, 0.25) is 0 Å². The molecule has 0 aromatic carbocycles. The number of thioether (sulfide) groups is 1. The van der Waals surface area contributed by atoms with E-state index < -0.39 is 0 Å². The van der Waals surface area contributed by atoms with Crippen LogP contribution in [0.1, 0.15) is 55.2 Å². The molecule has 2 aromatic heterocycles. The van der Waals surface area contributed by atoms with Crippen molar-refractivity contribution in [3.05, 3.63) is 40.2 Å². The molecule has 5 nitrogen and oxygen atoms in total. The summed E-state index contributed by atoms with van der Waals surface area (Å²) < 4.78 is 0. The van der Waals surface area contributed by atoms with Crippen molar-refractivity contribution < 1.29 is 4.79 Å². The highest BCUT2D eigenvalue weighted by atomic mass is 35.5. The molecule has 1 amide bonds. The molecule has 0 atom stereocenters. The number of piperidine rings is 1. The number of carbonyl (C=O) groups is 1. The zero-order chi connectivity index (χ0) is 22.1. The number of aromatic nitrogens is 2. The van der Waals surface area contributed by atoms with Crippen LogP contribution < -0.4 is 10.2 Å². The van der Waals surface area contributed by atoms with E-state index in [-0.39, 0.29) is 5.91 Å². The van der Waals surface area contributed by atoms with E-state index in [1.54, 1.807) is 12.3 Å². The Balaban J connectivity index is 1.92. The van der Waals surface area contributed by atoms with Gasteiger partial charge in [0.05, 0.1) is 21.3 Å². The summed E-state index contributed by atoms with van der Waals surface area (Å²) in [5, 5.41) is 4.42. The van der Waals surface area contributed by atoms with Gasteiger partial charge in [-0.05, 0) is 62.0 Å². The van der Waals surface area contributed by atoms with E-state index in [4.69, 9.17) is 16.6 Å². The Kier molecular flexibility index (Phi) is 6.98. The van der Waals surface area contributed by atoms with Crippen molar-refractivity contribution in [3.8, 4) is 0 Å². The average molecular weight is 447 g/mol. The number of hydrogen-bond acceptors (Lipinski definition) is 5. The van der Waals surface area contributed by atoms with E-state index in [1.807, 2.05) is 26.2 Å². The number of aryl methyl sites for hydroxylation is 1. The lowest BCUT2D eigenvalue weighted by molar-refractivity contribution is 0.102. The van der Waals surface area contributed by atoms with Gasteiger partial charge < -0.3 is 10.2 Å². The second kappa shape index (κ2) is 9.15. The van der Waals surface area contributed by atoms with Crippen LogP contribution in [0.5, 0.6) is 0 Å². The number of nitrogens with one attached hydrogen (secondary N) is 1. The van der Waals surface area contributed by atoms with Gasteiger partial charge in [0, 0.05) is 25.0 Å². The molecule has 0 radical (unpaired) electrons. The van der Waals surface area contributed by atoms with E-state index in [0.717, 1.165) is 48.0 Å². The molecule has 0 bridgehead atoms. The highest BCUT2D eigenvalue weighted by Gasteiger charge is 2.31. The molecule has 3 rings (SSSR count). The Morgan fingerprint density at radius 3 is 2.53 bits per heavy atom. The fraction of sp³-hybridized carbons (Fsp3) is 0.522. The van der Waals surface area contributed by atoms with E-state index >= 15 is 0 Å². The van der Waals surface area contributed by atoms with Gasteiger partial charge in [-0.2, -0.15) is 0 Å². The van der Waals surface area contributed by atoms with Gasteiger partial charge in [-0.15, -0.1) is 11.8 Å². The van der Waals surface area contributed by atoms with Crippen molar-refractivity contribution >= 4 is 40.8 Å². The highest BCUT2D eigenvalue weighted by Crippen LogP contribution is 2.37. The number of halogens is 1. The first-order valence-electron chi connectivity index (χ1n) is 10.3. The Morgan fingerprint density at radius 1 is 1.27 bits per heavy atom. The number of carbonyl (C=O) groups excluding carboxylic acids is 1. The van der Waals surface area contributed by atoms with Crippen molar-refractivity contribution in [2.75, 3.05) is 29.6 Å². The van der Waals surface area contributed by atoms with Gasteiger partial charge in [0.25, 0.3) is 5.91 Å². The molecule has 0 saturated carbocycles. The molecule has 2 aromatic rings. The van der Waals surface area contributed by atoms with Gasteiger partial charge in [-0.25, -0.2) is 9.97 Å². The molecule has 1 aliphatic rings. The monoisotopic (exact) mass is 446 g/mol. The van der Waals surface area contributed by atoms with E-state index in [9.17, 15) is 4.79 Å². The van der Waals surface area contributed by atoms with Crippen LogP contribution in [-0.4, -0.2) is 35.2 Å². The predicted octanol–water partition coefficient (Wildman–Crippen LogP) is 5.98. The smallest absolute Gasteiger partial charge is 0.259 e. The number of amides is 1. The molecule has 1 saturated heterocycles. The fourth-order valence-corrected chi connectivity index (χ4v) is 4.61. The lowest BCUT2D eigenvalue weighted by Gasteiger charge is -2.40. The number of pyridine rings is 2. The summed E-state index contributed by atoms with van der Waals surface area (Å²) in [6.45, 7) is 12.5. The second-order valence-electron chi connectivity index (χ2n) is 9.00. The normalized spacial score (nSPS) is 15.4. The maximum Gasteiger partial charge on any atom is 0.259 e. The third-order valence-electron chi connectivity index (χ3n) is 5.97. The van der Waals surface area contributed by atoms with E-state index in [0.29, 0.717) is 27.6 Å². The minimum atomic E-state index is -0.187. The van der Waals surface area contributed by atoms with Crippen LogP contribution in [0.3, 0.4) is 0 Å². The summed E-state index contributed by atoms with van der Waals surface area (Å²) in [7, 11) is 0. The minimum Gasteiger partial charge on any atom is -0.356 e. The Morgan fingerprint density at radius 2 is 1.93 bits per heavy atom. The molecule has 30 heavy (non-hydrogen) atoms. The molecule has 7 heteroatoms. The Bertz CT molecular complexity index is 934. The second-order valence-corrected chi connectivity index (χ2v) is 10.2. The molecule has 1 aliphatic heterocycles. The molecule has 3 heterocycles. The van der Waals surface area contributed by atoms with Crippen molar-refractivity contribution in [2.24, 2.45) is 11.3 Å². The highest BCUT2D eigenvalue weighted by molar-refractivity contribution is 7.98. The summed E-state index contributed by atoms with van der Waals surface area (Å²) in [4.78, 5) is 24.6. The number of hydrogen-bond donors (Lipinski definition) is 1. The first-order valence-corrected chi connectivity index (χ1v) is 11.9. The predicted molar refractivity (Wildman–Crippen MR) is 127 cm³/mol. The third kappa shape index (κ3) is 4.92. The molecule has 0 aliphatic carbocycles. The van der Waals surface area contributed by atoms with Crippen LogP contribution in [0, 0.1) is 25.2 Å². The van der Waals surface area contributed by atoms with Crippen LogP contribution >= 0.6 is 23.4 Å². The third-order valence-corrected chi connectivity index (χ3v) is 7.17. The van der Waals surface area contributed by atoms with Crippen molar-refractivity contribution in [3.63, 3.8) is 0 Å². The van der Waals surface area contributed by atoms with Crippen molar-refractivity contribution in [1.29, 1.82) is 0 Å². The molecule has 162 valence electrons. The maximum absolute atomic E-state index is 13.3. The van der Waals surface area contributed by atoms with Crippen LogP contribution in [0.15, 0.2) is 23.4 Å². The standard InChI is InChI=1S/C23H31ClN4OS/c1-14-19(22(29)27-17-7-10-25-18(13-17)30-6)21(26-15(2)20(14)24)28-11-8-16(9-12-28)23(3,4)5/h7,10,13,16H,8-9,11-12H2,1-6H3,(H,25,27,29). The number of nitrogens with zero attached hydrogens (tertiary/aromatic N) is 3. The Hall–Kier alpha value is -1.79. The maximum atomic E-state index is 13.3. The Labute approximate surface area is 189 Å². The van der Waals surface area contributed by atoms with Crippen molar-refractivity contribution in [1.82, 2.24) is 9.97 Å². The van der Waals surface area contributed by atoms with Crippen LogP contribution in [0.4, 0.5) is 11.5 Å². The van der Waals surface area contributed by atoms with Gasteiger partial charge in [-0.1, -0.05) is 32.4 Å². The minimum absolute atomic E-state index is 0.187. The molecule has 1 N–H and O–H groups in total. The zero-order valence-electron chi connectivity index (χ0n) is 18.7. The zero-order valence-corrected chi connectivity index (χ0v) is 20.2. The first kappa shape index (κ1) is 22.9. The molecule has 0 spiro atoms. The van der Waals surface area contributed by atoms with Gasteiger partial charge in [0.15, 0.2) is 0 Å². The summed E-state index contributed by atoms with van der Waals surface area (Å²) >= 11 is 8.03. The topological polar surface area (TPSA) is 58.1 Å². The number of anilines is 2. The molecular weight excluding hydrogens is 416 g/mol. The van der Waals surface area contributed by atoms with Gasteiger partial charge in [0.1, 0.15) is 5.82 Å². The average Bonchev–Trinajstić information content (AvgIpc) is 2.71. The quantitative estimate of drug-likeness (QED) is 0.585. The van der Waals surface area contributed by atoms with Crippen molar-refractivity contribution in [2.45, 2.75) is 52.5 Å².